The maximum Gasteiger partial charge on any atom is 0.295 e. The van der Waals surface area contributed by atoms with E-state index in [0.717, 1.165) is 32.5 Å². The van der Waals surface area contributed by atoms with Gasteiger partial charge >= 0.3 is 0 Å². The molecule has 4 nitrogen and oxygen atoms in total. The molecule has 3 saturated heterocycles. The van der Waals surface area contributed by atoms with Gasteiger partial charge in [-0.3, -0.25) is 14.5 Å². The van der Waals surface area contributed by atoms with Gasteiger partial charge in [-0.05, 0) is 24.3 Å². The van der Waals surface area contributed by atoms with E-state index in [9.17, 15) is 9.59 Å². The standard InChI is InChI=1S/C22H24N2O2/c25-21(19-9-5-2-6-10-19)22(26)24-15-18-11-12-20(24)16-23(14-18)13-17-7-3-1-4-8-17/h1-10,18,20H,11-16H2/t18-,20+/m0/s1. The largest absolute Gasteiger partial charge is 0.331 e. The van der Waals surface area contributed by atoms with Crippen LogP contribution in [0.25, 0.3) is 0 Å². The van der Waals surface area contributed by atoms with Crippen LogP contribution in [0.4, 0.5) is 0 Å². The average molecular weight is 348 g/mol. The Labute approximate surface area is 154 Å². The van der Waals surface area contributed by atoms with Crippen LogP contribution in [0.15, 0.2) is 60.7 Å². The molecule has 0 saturated carbocycles. The first-order valence-corrected chi connectivity index (χ1v) is 9.37. The minimum absolute atomic E-state index is 0.137. The molecule has 2 aromatic rings. The number of Topliss-reactive ketones (excluding diaryl/α,β-unsaturated/α-hetero) is 1. The molecule has 2 aromatic carbocycles. The van der Waals surface area contributed by atoms with E-state index in [-0.39, 0.29) is 17.7 Å². The summed E-state index contributed by atoms with van der Waals surface area (Å²) in [5.74, 6) is -0.273. The normalized spacial score (nSPS) is 22.8. The maximum absolute atomic E-state index is 12.9. The second kappa shape index (κ2) is 7.42. The second-order valence-electron chi connectivity index (χ2n) is 7.43. The third-order valence-corrected chi connectivity index (χ3v) is 5.53. The van der Waals surface area contributed by atoms with E-state index in [4.69, 9.17) is 0 Å². The van der Waals surface area contributed by atoms with Crippen molar-refractivity contribution in [2.24, 2.45) is 5.92 Å². The fraction of sp³-hybridized carbons (Fsp3) is 0.364. The Morgan fingerprint density at radius 1 is 0.846 bits per heavy atom. The highest BCUT2D eigenvalue weighted by molar-refractivity contribution is 6.42. The lowest BCUT2D eigenvalue weighted by Gasteiger charge is -2.35. The monoisotopic (exact) mass is 348 g/mol. The first kappa shape index (κ1) is 17.0. The van der Waals surface area contributed by atoms with Crippen LogP contribution in [-0.4, -0.2) is 47.2 Å². The van der Waals surface area contributed by atoms with E-state index < -0.39 is 0 Å². The number of piperidine rings is 1. The summed E-state index contributed by atoms with van der Waals surface area (Å²) in [6.45, 7) is 3.45. The summed E-state index contributed by atoms with van der Waals surface area (Å²) in [5, 5.41) is 0. The highest BCUT2D eigenvalue weighted by atomic mass is 16.2. The van der Waals surface area contributed by atoms with Crippen LogP contribution in [-0.2, 0) is 11.3 Å². The number of hydrogen-bond donors (Lipinski definition) is 0. The molecular weight excluding hydrogens is 324 g/mol. The summed E-state index contributed by atoms with van der Waals surface area (Å²) in [6, 6.07) is 19.5. The zero-order valence-electron chi connectivity index (χ0n) is 14.9. The van der Waals surface area contributed by atoms with Crippen LogP contribution in [0.1, 0.15) is 28.8 Å². The summed E-state index contributed by atoms with van der Waals surface area (Å²) in [6.07, 6.45) is 2.13. The minimum Gasteiger partial charge on any atom is -0.331 e. The second-order valence-corrected chi connectivity index (χ2v) is 7.43. The lowest BCUT2D eigenvalue weighted by Crippen LogP contribution is -2.49. The smallest absolute Gasteiger partial charge is 0.295 e. The van der Waals surface area contributed by atoms with Gasteiger partial charge in [-0.2, -0.15) is 0 Å². The lowest BCUT2D eigenvalue weighted by atomic mass is 9.94. The Bertz CT molecular complexity index is 775. The van der Waals surface area contributed by atoms with Crippen LogP contribution < -0.4 is 0 Å². The zero-order chi connectivity index (χ0) is 17.9. The number of amides is 1. The number of carbonyl (C=O) groups excluding carboxylic acids is 2. The summed E-state index contributed by atoms with van der Waals surface area (Å²) < 4.78 is 0. The van der Waals surface area contributed by atoms with Gasteiger partial charge in [-0.15, -0.1) is 0 Å². The van der Waals surface area contributed by atoms with Crippen molar-refractivity contribution in [1.82, 2.24) is 9.80 Å². The Balaban J connectivity index is 1.48. The van der Waals surface area contributed by atoms with Crippen molar-refractivity contribution >= 4 is 11.7 Å². The van der Waals surface area contributed by atoms with Gasteiger partial charge in [-0.25, -0.2) is 0 Å². The number of benzene rings is 2. The van der Waals surface area contributed by atoms with Gasteiger partial charge < -0.3 is 4.90 Å². The number of rotatable bonds is 4. The zero-order valence-corrected chi connectivity index (χ0v) is 14.9. The molecular formula is C22H24N2O2. The van der Waals surface area contributed by atoms with E-state index in [1.165, 1.54) is 5.56 Å². The average Bonchev–Trinajstić information content (AvgIpc) is 2.99. The molecule has 3 aliphatic heterocycles. The topological polar surface area (TPSA) is 40.6 Å². The Morgan fingerprint density at radius 3 is 2.27 bits per heavy atom. The van der Waals surface area contributed by atoms with E-state index in [1.54, 1.807) is 24.3 Å². The molecule has 0 radical (unpaired) electrons. The molecule has 1 amide bonds. The molecule has 0 unspecified atom stereocenters. The maximum atomic E-state index is 12.9. The van der Waals surface area contributed by atoms with Crippen LogP contribution in [0.2, 0.25) is 0 Å². The molecule has 2 atom stereocenters. The number of fused-ring (bicyclic) bond motifs is 4. The van der Waals surface area contributed by atoms with E-state index in [0.29, 0.717) is 18.0 Å². The molecule has 134 valence electrons. The molecule has 5 rings (SSSR count). The van der Waals surface area contributed by atoms with E-state index in [1.807, 2.05) is 17.0 Å². The molecule has 26 heavy (non-hydrogen) atoms. The highest BCUT2D eigenvalue weighted by Crippen LogP contribution is 2.29. The number of carbonyl (C=O) groups is 2. The van der Waals surface area contributed by atoms with Crippen molar-refractivity contribution in [3.8, 4) is 0 Å². The van der Waals surface area contributed by atoms with Crippen LogP contribution in [0.5, 0.6) is 0 Å². The third kappa shape index (κ3) is 3.56. The molecule has 0 N–H and O–H groups in total. The Hall–Kier alpha value is -2.46. The van der Waals surface area contributed by atoms with Crippen LogP contribution in [0.3, 0.4) is 0 Å². The number of ketones is 1. The van der Waals surface area contributed by atoms with Crippen molar-refractivity contribution < 1.29 is 9.59 Å². The fourth-order valence-electron chi connectivity index (χ4n) is 4.24. The Kier molecular flexibility index (Phi) is 4.85. The molecule has 3 heterocycles. The predicted octanol–water partition coefficient (Wildman–Crippen LogP) is 2.99. The number of hydrogen-bond acceptors (Lipinski definition) is 3. The first-order valence-electron chi connectivity index (χ1n) is 9.37. The van der Waals surface area contributed by atoms with E-state index in [2.05, 4.69) is 29.2 Å². The minimum atomic E-state index is -0.382. The van der Waals surface area contributed by atoms with Gasteiger partial charge in [0.25, 0.3) is 5.91 Å². The van der Waals surface area contributed by atoms with Crippen LogP contribution >= 0.6 is 0 Å². The molecule has 0 aromatic heterocycles. The molecule has 0 spiro atoms. The quantitative estimate of drug-likeness (QED) is 0.630. The predicted molar refractivity (Wildman–Crippen MR) is 101 cm³/mol. The van der Waals surface area contributed by atoms with Crippen LogP contribution in [0, 0.1) is 5.92 Å². The summed E-state index contributed by atoms with van der Waals surface area (Å²) in [4.78, 5) is 29.7. The van der Waals surface area contributed by atoms with Crippen molar-refractivity contribution in [3.05, 3.63) is 71.8 Å². The highest BCUT2D eigenvalue weighted by Gasteiger charge is 2.39. The van der Waals surface area contributed by atoms with Crippen molar-refractivity contribution in [2.75, 3.05) is 19.6 Å². The summed E-state index contributed by atoms with van der Waals surface area (Å²) in [7, 11) is 0. The molecule has 0 aliphatic carbocycles. The lowest BCUT2D eigenvalue weighted by molar-refractivity contribution is -0.130. The van der Waals surface area contributed by atoms with Crippen molar-refractivity contribution in [1.29, 1.82) is 0 Å². The summed E-state index contributed by atoms with van der Waals surface area (Å²) in [5.41, 5.74) is 1.78. The van der Waals surface area contributed by atoms with Gasteiger partial charge in [0, 0.05) is 37.8 Å². The van der Waals surface area contributed by atoms with Crippen molar-refractivity contribution in [2.45, 2.75) is 25.4 Å². The molecule has 3 aliphatic rings. The van der Waals surface area contributed by atoms with Gasteiger partial charge in [0.2, 0.25) is 5.78 Å². The summed E-state index contributed by atoms with van der Waals surface area (Å²) >= 11 is 0. The van der Waals surface area contributed by atoms with Gasteiger partial charge in [0.15, 0.2) is 0 Å². The molecule has 2 bridgehead atoms. The SMILES string of the molecule is O=C(C(=O)N1C[C@H]2CC[C@@H]1CN(Cc1ccccc1)C2)c1ccccc1. The molecule has 4 heteroatoms. The number of nitrogens with zero attached hydrogens (tertiary/aromatic N) is 2. The molecule has 3 fully saturated rings. The third-order valence-electron chi connectivity index (χ3n) is 5.53. The van der Waals surface area contributed by atoms with Gasteiger partial charge in [0.05, 0.1) is 0 Å². The van der Waals surface area contributed by atoms with Gasteiger partial charge in [-0.1, -0.05) is 60.7 Å². The fourth-order valence-corrected chi connectivity index (χ4v) is 4.24. The Morgan fingerprint density at radius 2 is 1.54 bits per heavy atom. The van der Waals surface area contributed by atoms with E-state index >= 15 is 0 Å². The van der Waals surface area contributed by atoms with Crippen molar-refractivity contribution in [3.63, 3.8) is 0 Å². The first-order chi connectivity index (χ1) is 12.7. The van der Waals surface area contributed by atoms with Gasteiger partial charge in [0.1, 0.15) is 0 Å².